The molecule has 1 aromatic rings. The van der Waals surface area contributed by atoms with Gasteiger partial charge in [-0.1, -0.05) is 0 Å². The van der Waals surface area contributed by atoms with Gasteiger partial charge in [0, 0.05) is 25.7 Å². The second-order valence-corrected chi connectivity index (χ2v) is 7.16. The van der Waals surface area contributed by atoms with Crippen LogP contribution in [-0.4, -0.2) is 39.4 Å². The van der Waals surface area contributed by atoms with Gasteiger partial charge in [-0.15, -0.1) is 0 Å². The van der Waals surface area contributed by atoms with Crippen molar-refractivity contribution >= 4 is 10.0 Å². The van der Waals surface area contributed by atoms with Crippen molar-refractivity contribution in [3.8, 4) is 0 Å². The Kier molecular flexibility index (Phi) is 4.90. The molecule has 1 aliphatic heterocycles. The van der Waals surface area contributed by atoms with Crippen molar-refractivity contribution in [1.82, 2.24) is 9.62 Å². The van der Waals surface area contributed by atoms with Gasteiger partial charge in [-0.3, -0.25) is 0 Å². The quantitative estimate of drug-likeness (QED) is 0.918. The van der Waals surface area contributed by atoms with Crippen LogP contribution >= 0.6 is 0 Å². The maximum absolute atomic E-state index is 13.6. The second-order valence-electron chi connectivity index (χ2n) is 5.18. The number of piperidine rings is 1. The maximum atomic E-state index is 13.6. The summed E-state index contributed by atoms with van der Waals surface area (Å²) in [4.78, 5) is -1.10. The summed E-state index contributed by atoms with van der Waals surface area (Å²) in [5, 5.41) is 3.15. The van der Waals surface area contributed by atoms with Crippen molar-refractivity contribution in [2.45, 2.75) is 17.7 Å². The molecule has 1 aliphatic rings. The number of rotatable bonds is 4. The highest BCUT2D eigenvalue weighted by Gasteiger charge is 2.30. The SMILES string of the molecule is CN(CC1CCNCC1)S(=O)(=O)c1c(F)cc(F)cc1F. The summed E-state index contributed by atoms with van der Waals surface area (Å²) in [7, 11) is -3.04. The topological polar surface area (TPSA) is 49.4 Å². The van der Waals surface area contributed by atoms with E-state index in [-0.39, 0.29) is 12.5 Å². The molecule has 118 valence electrons. The first-order chi connectivity index (χ1) is 9.82. The van der Waals surface area contributed by atoms with E-state index in [1.165, 1.54) is 7.05 Å². The summed E-state index contributed by atoms with van der Waals surface area (Å²) in [5.74, 6) is -3.84. The lowest BCUT2D eigenvalue weighted by Crippen LogP contribution is -2.37. The van der Waals surface area contributed by atoms with E-state index in [9.17, 15) is 21.6 Å². The Hall–Kier alpha value is -1.12. The highest BCUT2D eigenvalue weighted by molar-refractivity contribution is 7.89. The van der Waals surface area contributed by atoms with E-state index >= 15 is 0 Å². The Balaban J connectivity index is 2.24. The lowest BCUT2D eigenvalue weighted by molar-refractivity contribution is 0.309. The molecule has 0 radical (unpaired) electrons. The Morgan fingerprint density at radius 3 is 2.24 bits per heavy atom. The molecule has 2 rings (SSSR count). The van der Waals surface area contributed by atoms with Gasteiger partial charge in [-0.2, -0.15) is 0 Å². The first-order valence-electron chi connectivity index (χ1n) is 6.64. The van der Waals surface area contributed by atoms with Gasteiger partial charge in [0.15, 0.2) is 4.90 Å². The monoisotopic (exact) mass is 322 g/mol. The molecule has 0 bridgehead atoms. The van der Waals surface area contributed by atoms with Crippen LogP contribution in [0.5, 0.6) is 0 Å². The predicted octanol–water partition coefficient (Wildman–Crippen LogP) is 1.72. The molecule has 8 heteroatoms. The molecule has 1 fully saturated rings. The van der Waals surface area contributed by atoms with Crippen molar-refractivity contribution in [1.29, 1.82) is 0 Å². The highest BCUT2D eigenvalue weighted by atomic mass is 32.2. The van der Waals surface area contributed by atoms with Crippen molar-refractivity contribution in [3.05, 3.63) is 29.6 Å². The molecule has 1 heterocycles. The second kappa shape index (κ2) is 6.33. The molecule has 0 spiro atoms. The van der Waals surface area contributed by atoms with Crippen molar-refractivity contribution < 1.29 is 21.6 Å². The van der Waals surface area contributed by atoms with Gasteiger partial charge in [0.05, 0.1) is 0 Å². The van der Waals surface area contributed by atoms with E-state index in [4.69, 9.17) is 0 Å². The average Bonchev–Trinajstić information content (AvgIpc) is 2.38. The van der Waals surface area contributed by atoms with Crippen LogP contribution in [0.3, 0.4) is 0 Å². The summed E-state index contributed by atoms with van der Waals surface area (Å²) in [6.45, 7) is 1.76. The third-order valence-corrected chi connectivity index (χ3v) is 5.48. The van der Waals surface area contributed by atoms with E-state index in [1.807, 2.05) is 0 Å². The molecular formula is C13H17F3N2O2S. The molecule has 0 aromatic heterocycles. The highest BCUT2D eigenvalue weighted by Crippen LogP contribution is 2.24. The minimum atomic E-state index is -4.32. The number of hydrogen-bond acceptors (Lipinski definition) is 3. The summed E-state index contributed by atoms with van der Waals surface area (Å²) in [6, 6.07) is 0.739. The van der Waals surface area contributed by atoms with E-state index in [1.54, 1.807) is 0 Å². The van der Waals surface area contributed by atoms with Crippen LogP contribution in [0.2, 0.25) is 0 Å². The fourth-order valence-electron chi connectivity index (χ4n) is 2.46. The van der Waals surface area contributed by atoms with Gasteiger partial charge < -0.3 is 5.32 Å². The van der Waals surface area contributed by atoms with E-state index < -0.39 is 32.4 Å². The van der Waals surface area contributed by atoms with E-state index in [0.29, 0.717) is 12.1 Å². The molecule has 0 saturated carbocycles. The Morgan fingerprint density at radius 2 is 1.71 bits per heavy atom. The van der Waals surface area contributed by atoms with Crippen molar-refractivity contribution in [3.63, 3.8) is 0 Å². The third kappa shape index (κ3) is 3.56. The summed E-state index contributed by atoms with van der Waals surface area (Å²) in [5.41, 5.74) is 0. The Morgan fingerprint density at radius 1 is 1.19 bits per heavy atom. The molecular weight excluding hydrogens is 305 g/mol. The zero-order valence-corrected chi connectivity index (χ0v) is 12.4. The van der Waals surface area contributed by atoms with Crippen LogP contribution in [0.15, 0.2) is 17.0 Å². The minimum absolute atomic E-state index is 0.137. The fraction of sp³-hybridized carbons (Fsp3) is 0.538. The first kappa shape index (κ1) is 16.3. The van der Waals surface area contributed by atoms with Crippen LogP contribution in [0, 0.1) is 23.4 Å². The zero-order valence-electron chi connectivity index (χ0n) is 11.6. The number of nitrogens with zero attached hydrogens (tertiary/aromatic N) is 1. The van der Waals surface area contributed by atoms with E-state index in [2.05, 4.69) is 5.32 Å². The molecule has 1 N–H and O–H groups in total. The fourth-order valence-corrected chi connectivity index (χ4v) is 3.79. The van der Waals surface area contributed by atoms with Gasteiger partial charge in [-0.05, 0) is 31.8 Å². The number of halogens is 3. The number of benzene rings is 1. The summed E-state index contributed by atoms with van der Waals surface area (Å²) in [6.07, 6.45) is 1.60. The molecule has 1 saturated heterocycles. The van der Waals surface area contributed by atoms with Gasteiger partial charge in [-0.25, -0.2) is 25.9 Å². The van der Waals surface area contributed by atoms with Crippen LogP contribution < -0.4 is 5.32 Å². The number of sulfonamides is 1. The van der Waals surface area contributed by atoms with Gasteiger partial charge in [0.25, 0.3) is 0 Å². The third-order valence-electron chi connectivity index (χ3n) is 3.61. The lowest BCUT2D eigenvalue weighted by atomic mass is 9.98. The number of nitrogens with one attached hydrogen (secondary N) is 1. The van der Waals surface area contributed by atoms with Crippen LogP contribution in [-0.2, 0) is 10.0 Å². The van der Waals surface area contributed by atoms with Crippen LogP contribution in [0.1, 0.15) is 12.8 Å². The van der Waals surface area contributed by atoms with Crippen molar-refractivity contribution in [2.75, 3.05) is 26.7 Å². The Bertz CT molecular complexity index is 593. The molecule has 0 amide bonds. The predicted molar refractivity (Wildman–Crippen MR) is 71.7 cm³/mol. The van der Waals surface area contributed by atoms with Crippen LogP contribution in [0.4, 0.5) is 13.2 Å². The molecule has 0 unspecified atom stereocenters. The van der Waals surface area contributed by atoms with E-state index in [0.717, 1.165) is 30.2 Å². The first-order valence-corrected chi connectivity index (χ1v) is 8.08. The van der Waals surface area contributed by atoms with Gasteiger partial charge >= 0.3 is 0 Å². The lowest BCUT2D eigenvalue weighted by Gasteiger charge is -2.27. The van der Waals surface area contributed by atoms with Crippen molar-refractivity contribution in [2.24, 2.45) is 5.92 Å². The summed E-state index contributed by atoms with van der Waals surface area (Å²) >= 11 is 0. The normalized spacial score (nSPS) is 17.4. The van der Waals surface area contributed by atoms with Gasteiger partial charge in [0.2, 0.25) is 10.0 Å². The molecule has 0 atom stereocenters. The standard InChI is InChI=1S/C13H17F3N2O2S/c1-18(8-9-2-4-17-5-3-9)21(19,20)13-11(15)6-10(14)7-12(13)16/h6-7,9,17H,2-5,8H2,1H3. The molecule has 1 aromatic carbocycles. The molecule has 4 nitrogen and oxygen atoms in total. The molecule has 0 aliphatic carbocycles. The summed E-state index contributed by atoms with van der Waals surface area (Å²) < 4.78 is 65.6. The Labute approximate surface area is 122 Å². The van der Waals surface area contributed by atoms with Gasteiger partial charge in [0.1, 0.15) is 17.5 Å². The molecule has 21 heavy (non-hydrogen) atoms. The average molecular weight is 322 g/mol. The largest absolute Gasteiger partial charge is 0.317 e. The van der Waals surface area contributed by atoms with Crippen LogP contribution in [0.25, 0.3) is 0 Å². The number of hydrogen-bond donors (Lipinski definition) is 1. The maximum Gasteiger partial charge on any atom is 0.248 e. The zero-order chi connectivity index (χ0) is 15.6. The smallest absolute Gasteiger partial charge is 0.248 e. The minimum Gasteiger partial charge on any atom is -0.317 e.